The maximum atomic E-state index is 12.4. The van der Waals surface area contributed by atoms with Crippen molar-refractivity contribution in [3.63, 3.8) is 0 Å². The van der Waals surface area contributed by atoms with Crippen molar-refractivity contribution in [2.45, 2.75) is 6.54 Å². The van der Waals surface area contributed by atoms with Gasteiger partial charge < -0.3 is 18.8 Å². The lowest BCUT2D eigenvalue weighted by Gasteiger charge is -2.17. The highest BCUT2D eigenvalue weighted by molar-refractivity contribution is 5.93. The summed E-state index contributed by atoms with van der Waals surface area (Å²) in [4.78, 5) is 26.1. The molecule has 6 heteroatoms. The fraction of sp³-hybridized carbons (Fsp3) is 0.167. The van der Waals surface area contributed by atoms with Crippen LogP contribution in [0.25, 0.3) is 21.7 Å². The van der Waals surface area contributed by atoms with Crippen LogP contribution in [0.4, 0.5) is 0 Å². The number of hydrogen-bond acceptors (Lipinski definition) is 5. The summed E-state index contributed by atoms with van der Waals surface area (Å²) in [6.07, 6.45) is 0. The number of amides is 1. The number of likely N-dealkylation sites (N-methyl/N-ethyl adjacent to an activating group) is 1. The Balaban J connectivity index is 1.36. The van der Waals surface area contributed by atoms with E-state index in [0.29, 0.717) is 12.1 Å². The minimum atomic E-state index is -0.660. The number of fused-ring (bicyclic) bond motifs is 2. The first-order valence-electron chi connectivity index (χ1n) is 9.50. The Labute approximate surface area is 173 Å². The number of furan rings is 1. The van der Waals surface area contributed by atoms with Gasteiger partial charge in [0.2, 0.25) is 5.76 Å². The van der Waals surface area contributed by atoms with Gasteiger partial charge in [-0.2, -0.15) is 0 Å². The molecule has 0 aliphatic heterocycles. The average Bonchev–Trinajstić information content (AvgIpc) is 3.21. The Bertz CT molecular complexity index is 1190. The molecule has 6 nitrogen and oxygen atoms in total. The molecule has 0 saturated heterocycles. The molecule has 0 atom stereocenters. The average molecular weight is 403 g/mol. The van der Waals surface area contributed by atoms with E-state index in [1.807, 2.05) is 54.6 Å². The highest BCUT2D eigenvalue weighted by Gasteiger charge is 2.17. The number of ether oxygens (including phenoxy) is 2. The van der Waals surface area contributed by atoms with Crippen LogP contribution in [0.5, 0.6) is 5.75 Å². The van der Waals surface area contributed by atoms with Gasteiger partial charge in [-0.1, -0.05) is 36.4 Å². The lowest BCUT2D eigenvalue weighted by molar-refractivity contribution is -0.133. The van der Waals surface area contributed by atoms with Gasteiger partial charge in [-0.3, -0.25) is 4.79 Å². The first-order valence-corrected chi connectivity index (χ1v) is 9.50. The van der Waals surface area contributed by atoms with Gasteiger partial charge in [0, 0.05) is 19.0 Å². The summed E-state index contributed by atoms with van der Waals surface area (Å²) >= 11 is 0. The number of benzene rings is 3. The molecule has 0 unspecified atom stereocenters. The summed E-state index contributed by atoms with van der Waals surface area (Å²) in [6.45, 7) is 0.0557. The van der Waals surface area contributed by atoms with E-state index in [2.05, 4.69) is 0 Å². The van der Waals surface area contributed by atoms with E-state index in [4.69, 9.17) is 13.9 Å². The zero-order valence-corrected chi connectivity index (χ0v) is 16.8. The summed E-state index contributed by atoms with van der Waals surface area (Å²) in [7, 11) is 3.31. The molecule has 1 heterocycles. The molecular weight excluding hydrogens is 382 g/mol. The zero-order chi connectivity index (χ0) is 21.1. The zero-order valence-electron chi connectivity index (χ0n) is 16.8. The second-order valence-electron chi connectivity index (χ2n) is 7.02. The van der Waals surface area contributed by atoms with Crippen LogP contribution in [0.1, 0.15) is 16.1 Å². The van der Waals surface area contributed by atoms with E-state index in [9.17, 15) is 9.59 Å². The van der Waals surface area contributed by atoms with E-state index in [1.54, 1.807) is 26.3 Å². The van der Waals surface area contributed by atoms with Gasteiger partial charge in [-0.15, -0.1) is 0 Å². The van der Waals surface area contributed by atoms with E-state index < -0.39 is 5.97 Å². The molecule has 0 aliphatic rings. The Morgan fingerprint density at radius 1 is 0.933 bits per heavy atom. The highest BCUT2D eigenvalue weighted by Crippen LogP contribution is 2.22. The van der Waals surface area contributed by atoms with E-state index in [-0.39, 0.29) is 18.3 Å². The van der Waals surface area contributed by atoms with E-state index in [0.717, 1.165) is 27.5 Å². The van der Waals surface area contributed by atoms with Crippen LogP contribution in [0.2, 0.25) is 0 Å². The molecule has 0 aliphatic carbocycles. The Hall–Kier alpha value is -3.80. The summed E-state index contributed by atoms with van der Waals surface area (Å²) < 4.78 is 15.8. The fourth-order valence-electron chi connectivity index (χ4n) is 3.25. The summed E-state index contributed by atoms with van der Waals surface area (Å²) in [5.41, 5.74) is 1.58. The molecule has 30 heavy (non-hydrogen) atoms. The van der Waals surface area contributed by atoms with Crippen LogP contribution in [0.15, 0.2) is 71.1 Å². The smallest absolute Gasteiger partial charge is 0.374 e. The molecule has 0 spiro atoms. The van der Waals surface area contributed by atoms with Crippen molar-refractivity contribution in [3.8, 4) is 5.75 Å². The number of hydrogen-bond donors (Lipinski definition) is 0. The molecule has 4 aromatic rings. The molecule has 1 amide bonds. The molecule has 152 valence electrons. The van der Waals surface area contributed by atoms with Gasteiger partial charge in [-0.05, 0) is 46.7 Å². The molecule has 4 rings (SSSR count). The molecule has 1 aromatic heterocycles. The number of carbonyl (C=O) groups excluding carboxylic acids is 2. The van der Waals surface area contributed by atoms with Crippen molar-refractivity contribution in [1.29, 1.82) is 0 Å². The van der Waals surface area contributed by atoms with Crippen molar-refractivity contribution in [3.05, 3.63) is 78.1 Å². The van der Waals surface area contributed by atoms with Crippen molar-refractivity contribution >= 4 is 33.6 Å². The lowest BCUT2D eigenvalue weighted by Crippen LogP contribution is -2.30. The van der Waals surface area contributed by atoms with Crippen molar-refractivity contribution in [2.75, 3.05) is 20.8 Å². The Morgan fingerprint density at radius 3 is 2.50 bits per heavy atom. The predicted molar refractivity (Wildman–Crippen MR) is 113 cm³/mol. The Morgan fingerprint density at radius 2 is 1.70 bits per heavy atom. The second kappa shape index (κ2) is 8.29. The molecule has 0 radical (unpaired) electrons. The summed E-state index contributed by atoms with van der Waals surface area (Å²) in [6, 6.07) is 20.7. The SMILES string of the molecule is COc1ccc2cc(CN(C)C(=O)COC(=O)c3cc4ccccc4o3)ccc2c1. The predicted octanol–water partition coefficient (Wildman–Crippen LogP) is 4.41. The molecule has 3 aromatic carbocycles. The second-order valence-corrected chi connectivity index (χ2v) is 7.02. The topological polar surface area (TPSA) is 69.0 Å². The maximum Gasteiger partial charge on any atom is 0.374 e. The third-order valence-electron chi connectivity index (χ3n) is 4.91. The van der Waals surface area contributed by atoms with Crippen LogP contribution in [-0.2, 0) is 16.1 Å². The maximum absolute atomic E-state index is 12.4. The highest BCUT2D eigenvalue weighted by atomic mass is 16.5. The van der Waals surface area contributed by atoms with Crippen LogP contribution < -0.4 is 4.74 Å². The van der Waals surface area contributed by atoms with Gasteiger partial charge in [-0.25, -0.2) is 4.79 Å². The molecule has 0 N–H and O–H groups in total. The van der Waals surface area contributed by atoms with Crippen molar-refractivity contribution < 1.29 is 23.5 Å². The minimum Gasteiger partial charge on any atom is -0.497 e. The lowest BCUT2D eigenvalue weighted by atomic mass is 10.1. The third kappa shape index (κ3) is 4.12. The van der Waals surface area contributed by atoms with Gasteiger partial charge >= 0.3 is 5.97 Å². The molecule has 0 fully saturated rings. The summed E-state index contributed by atoms with van der Waals surface area (Å²) in [5, 5.41) is 2.93. The quantitative estimate of drug-likeness (QED) is 0.446. The fourth-order valence-corrected chi connectivity index (χ4v) is 3.25. The standard InChI is InChI=1S/C24H21NO5/c1-25(14-16-7-8-18-12-20(28-2)10-9-17(18)11-16)23(26)15-29-24(27)22-13-19-5-3-4-6-21(19)30-22/h3-13H,14-15H2,1-2H3. The third-order valence-corrected chi connectivity index (χ3v) is 4.91. The number of nitrogens with zero attached hydrogens (tertiary/aromatic N) is 1. The van der Waals surface area contributed by atoms with E-state index in [1.165, 1.54) is 4.90 Å². The number of rotatable bonds is 6. The van der Waals surface area contributed by atoms with Gasteiger partial charge in [0.15, 0.2) is 6.61 Å². The monoisotopic (exact) mass is 403 g/mol. The number of esters is 1. The van der Waals surface area contributed by atoms with Crippen molar-refractivity contribution in [1.82, 2.24) is 4.90 Å². The van der Waals surface area contributed by atoms with Crippen LogP contribution in [-0.4, -0.2) is 37.5 Å². The number of methoxy groups -OCH3 is 1. The molecule has 0 bridgehead atoms. The van der Waals surface area contributed by atoms with Crippen molar-refractivity contribution in [2.24, 2.45) is 0 Å². The van der Waals surface area contributed by atoms with Gasteiger partial charge in [0.1, 0.15) is 11.3 Å². The van der Waals surface area contributed by atoms with Crippen LogP contribution in [0.3, 0.4) is 0 Å². The normalized spacial score (nSPS) is 10.9. The first-order chi connectivity index (χ1) is 14.5. The minimum absolute atomic E-state index is 0.0802. The Kier molecular flexibility index (Phi) is 5.39. The summed E-state index contributed by atoms with van der Waals surface area (Å²) in [5.74, 6) is -0.0766. The van der Waals surface area contributed by atoms with E-state index >= 15 is 0 Å². The number of para-hydroxylation sites is 1. The van der Waals surface area contributed by atoms with Gasteiger partial charge in [0.05, 0.1) is 7.11 Å². The molecule has 0 saturated carbocycles. The number of carbonyl (C=O) groups is 2. The van der Waals surface area contributed by atoms with Crippen LogP contribution >= 0.6 is 0 Å². The largest absolute Gasteiger partial charge is 0.497 e. The first kappa shape index (κ1) is 19.5. The van der Waals surface area contributed by atoms with Gasteiger partial charge in [0.25, 0.3) is 5.91 Å². The van der Waals surface area contributed by atoms with Crippen LogP contribution in [0, 0.1) is 0 Å². The molecular formula is C24H21NO5.